The molecule has 0 radical (unpaired) electrons. The zero-order valence-corrected chi connectivity index (χ0v) is 11.7. The van der Waals surface area contributed by atoms with Gasteiger partial charge in [-0.3, -0.25) is 4.79 Å². The monoisotopic (exact) mass is 257 g/mol. The lowest BCUT2D eigenvalue weighted by atomic mass is 9.96. The first kappa shape index (κ1) is 15.4. The molecule has 1 fully saturated rings. The van der Waals surface area contributed by atoms with Gasteiger partial charge in [-0.05, 0) is 25.2 Å². The molecule has 0 saturated carbocycles. The third-order valence-corrected chi connectivity index (χ3v) is 3.79. The maximum absolute atomic E-state index is 11.7. The van der Waals surface area contributed by atoms with Gasteiger partial charge in [-0.1, -0.05) is 26.7 Å². The molecule has 2 unspecified atom stereocenters. The second-order valence-electron chi connectivity index (χ2n) is 5.14. The normalized spacial score (nSPS) is 21.9. The Morgan fingerprint density at radius 2 is 2.11 bits per heavy atom. The maximum Gasteiger partial charge on any atom is 0.222 e. The van der Waals surface area contributed by atoms with Gasteiger partial charge in [0.2, 0.25) is 5.91 Å². The molecule has 1 aliphatic rings. The molecule has 106 valence electrons. The van der Waals surface area contributed by atoms with Crippen molar-refractivity contribution in [3.63, 3.8) is 0 Å². The van der Waals surface area contributed by atoms with Crippen molar-refractivity contribution in [2.75, 3.05) is 13.2 Å². The van der Waals surface area contributed by atoms with E-state index in [0.717, 1.165) is 38.7 Å². The average molecular weight is 257 g/mol. The summed E-state index contributed by atoms with van der Waals surface area (Å²) in [7, 11) is 0. The molecule has 1 amide bonds. The molecule has 18 heavy (non-hydrogen) atoms. The summed E-state index contributed by atoms with van der Waals surface area (Å²) in [5, 5.41) is 12.7. The van der Waals surface area contributed by atoms with Crippen molar-refractivity contribution in [1.29, 1.82) is 0 Å². The molecule has 0 spiro atoms. The van der Waals surface area contributed by atoms with E-state index in [0.29, 0.717) is 13.0 Å². The summed E-state index contributed by atoms with van der Waals surface area (Å²) in [5.41, 5.74) is 0. The summed E-state index contributed by atoms with van der Waals surface area (Å²) in [4.78, 5) is 11.7. The van der Waals surface area contributed by atoms with Crippen LogP contribution in [0.4, 0.5) is 0 Å². The Labute approximate surface area is 110 Å². The molecule has 2 atom stereocenters. The Balaban J connectivity index is 2.19. The van der Waals surface area contributed by atoms with Crippen LogP contribution in [-0.4, -0.2) is 36.4 Å². The first-order valence-electron chi connectivity index (χ1n) is 7.23. The van der Waals surface area contributed by atoms with Gasteiger partial charge in [-0.2, -0.15) is 0 Å². The van der Waals surface area contributed by atoms with Crippen LogP contribution in [0.25, 0.3) is 0 Å². The molecule has 0 bridgehead atoms. The van der Waals surface area contributed by atoms with Crippen molar-refractivity contribution in [2.45, 2.75) is 64.6 Å². The summed E-state index contributed by atoms with van der Waals surface area (Å²) in [5.74, 6) is 0.267. The third kappa shape index (κ3) is 5.36. The minimum absolute atomic E-state index is 0.00749. The van der Waals surface area contributed by atoms with Gasteiger partial charge in [0.15, 0.2) is 0 Å². The van der Waals surface area contributed by atoms with E-state index in [4.69, 9.17) is 4.74 Å². The number of ether oxygens (including phenoxy) is 1. The van der Waals surface area contributed by atoms with Gasteiger partial charge in [0.05, 0.1) is 18.6 Å². The second-order valence-corrected chi connectivity index (χ2v) is 5.14. The lowest BCUT2D eigenvalue weighted by Crippen LogP contribution is -2.38. The van der Waals surface area contributed by atoms with E-state index in [1.807, 2.05) is 0 Å². The van der Waals surface area contributed by atoms with Crippen LogP contribution in [0.15, 0.2) is 0 Å². The van der Waals surface area contributed by atoms with Gasteiger partial charge in [-0.15, -0.1) is 0 Å². The molecular formula is C14H27NO3. The highest BCUT2D eigenvalue weighted by Crippen LogP contribution is 2.16. The Morgan fingerprint density at radius 1 is 1.39 bits per heavy atom. The predicted octanol–water partition coefficient (Wildman–Crippen LogP) is 1.86. The van der Waals surface area contributed by atoms with Gasteiger partial charge >= 0.3 is 0 Å². The van der Waals surface area contributed by atoms with E-state index in [9.17, 15) is 9.90 Å². The van der Waals surface area contributed by atoms with Crippen molar-refractivity contribution in [3.8, 4) is 0 Å². The van der Waals surface area contributed by atoms with Gasteiger partial charge < -0.3 is 15.2 Å². The van der Waals surface area contributed by atoms with E-state index in [-0.39, 0.29) is 17.9 Å². The highest BCUT2D eigenvalue weighted by molar-refractivity contribution is 5.76. The number of aliphatic hydroxyl groups excluding tert-OH is 1. The molecule has 1 rings (SSSR count). The minimum Gasteiger partial charge on any atom is -0.391 e. The van der Waals surface area contributed by atoms with E-state index in [1.54, 1.807) is 0 Å². The highest BCUT2D eigenvalue weighted by Gasteiger charge is 2.19. The molecule has 1 heterocycles. The van der Waals surface area contributed by atoms with Crippen molar-refractivity contribution in [3.05, 3.63) is 0 Å². The lowest BCUT2D eigenvalue weighted by Gasteiger charge is -2.23. The summed E-state index contributed by atoms with van der Waals surface area (Å²) in [6, 6.07) is 0. The molecular weight excluding hydrogens is 230 g/mol. The Kier molecular flexibility index (Phi) is 7.28. The van der Waals surface area contributed by atoms with Crippen LogP contribution in [0, 0.1) is 5.92 Å². The summed E-state index contributed by atoms with van der Waals surface area (Å²) >= 11 is 0. The Bertz CT molecular complexity index is 235. The van der Waals surface area contributed by atoms with Crippen LogP contribution < -0.4 is 5.32 Å². The van der Waals surface area contributed by atoms with Crippen molar-refractivity contribution in [1.82, 2.24) is 5.32 Å². The molecule has 2 N–H and O–H groups in total. The molecule has 4 nitrogen and oxygen atoms in total. The molecule has 4 heteroatoms. The SMILES string of the molecule is CCC(CC)C(O)CNC(=O)CC1CCCCO1. The second kappa shape index (κ2) is 8.48. The lowest BCUT2D eigenvalue weighted by molar-refractivity contribution is -0.125. The average Bonchev–Trinajstić information content (AvgIpc) is 2.39. The fraction of sp³-hybridized carbons (Fsp3) is 0.929. The third-order valence-electron chi connectivity index (χ3n) is 3.79. The maximum atomic E-state index is 11.7. The van der Waals surface area contributed by atoms with E-state index >= 15 is 0 Å². The van der Waals surface area contributed by atoms with Crippen molar-refractivity contribution >= 4 is 5.91 Å². The van der Waals surface area contributed by atoms with Gasteiger partial charge in [0.1, 0.15) is 0 Å². The molecule has 1 saturated heterocycles. The predicted molar refractivity (Wildman–Crippen MR) is 71.3 cm³/mol. The largest absolute Gasteiger partial charge is 0.391 e. The van der Waals surface area contributed by atoms with Gasteiger partial charge in [0, 0.05) is 13.2 Å². The van der Waals surface area contributed by atoms with Crippen LogP contribution in [0.1, 0.15) is 52.4 Å². The van der Waals surface area contributed by atoms with Gasteiger partial charge in [-0.25, -0.2) is 0 Å². The zero-order chi connectivity index (χ0) is 13.4. The molecule has 1 aliphatic heterocycles. The number of aliphatic hydroxyl groups is 1. The van der Waals surface area contributed by atoms with Crippen LogP contribution in [0.5, 0.6) is 0 Å². The van der Waals surface area contributed by atoms with Crippen LogP contribution in [-0.2, 0) is 9.53 Å². The molecule has 0 aromatic heterocycles. The number of rotatable bonds is 7. The van der Waals surface area contributed by atoms with Crippen molar-refractivity contribution in [2.24, 2.45) is 5.92 Å². The number of carbonyl (C=O) groups is 1. The van der Waals surface area contributed by atoms with Crippen LogP contribution in [0.2, 0.25) is 0 Å². The quantitative estimate of drug-likeness (QED) is 0.732. The van der Waals surface area contributed by atoms with E-state index in [1.165, 1.54) is 0 Å². The first-order chi connectivity index (χ1) is 8.67. The number of carbonyl (C=O) groups excluding carboxylic acids is 1. The summed E-state index contributed by atoms with van der Waals surface area (Å²) in [6.07, 6.45) is 5.18. The summed E-state index contributed by atoms with van der Waals surface area (Å²) in [6.45, 7) is 5.26. The number of nitrogens with one attached hydrogen (secondary N) is 1. The fourth-order valence-electron chi connectivity index (χ4n) is 2.47. The standard InChI is InChI=1S/C14H27NO3/c1-3-11(4-2)13(16)10-15-14(17)9-12-7-5-6-8-18-12/h11-13,16H,3-10H2,1-2H3,(H,15,17). The number of hydrogen-bond donors (Lipinski definition) is 2. The van der Waals surface area contributed by atoms with Crippen molar-refractivity contribution < 1.29 is 14.6 Å². The van der Waals surface area contributed by atoms with Crippen LogP contribution >= 0.6 is 0 Å². The smallest absolute Gasteiger partial charge is 0.222 e. The van der Waals surface area contributed by atoms with E-state index in [2.05, 4.69) is 19.2 Å². The number of hydrogen-bond acceptors (Lipinski definition) is 3. The molecule has 0 aliphatic carbocycles. The zero-order valence-electron chi connectivity index (χ0n) is 11.7. The van der Waals surface area contributed by atoms with Crippen LogP contribution in [0.3, 0.4) is 0 Å². The Hall–Kier alpha value is -0.610. The number of amides is 1. The fourth-order valence-corrected chi connectivity index (χ4v) is 2.47. The first-order valence-corrected chi connectivity index (χ1v) is 7.23. The molecule has 0 aromatic carbocycles. The van der Waals surface area contributed by atoms with Gasteiger partial charge in [0.25, 0.3) is 0 Å². The topological polar surface area (TPSA) is 58.6 Å². The summed E-state index contributed by atoms with van der Waals surface area (Å²) < 4.78 is 5.52. The minimum atomic E-state index is -0.434. The Morgan fingerprint density at radius 3 is 2.67 bits per heavy atom. The highest BCUT2D eigenvalue weighted by atomic mass is 16.5. The molecule has 0 aromatic rings. The van der Waals surface area contributed by atoms with E-state index < -0.39 is 6.10 Å².